The van der Waals surface area contributed by atoms with Crippen LogP contribution < -0.4 is 0 Å². The number of esters is 2. The van der Waals surface area contributed by atoms with Gasteiger partial charge in [-0.25, -0.2) is 4.79 Å². The van der Waals surface area contributed by atoms with Crippen molar-refractivity contribution >= 4 is 11.9 Å². The molecule has 0 saturated carbocycles. The third kappa shape index (κ3) is 8.79. The number of hydrogen-bond donors (Lipinski definition) is 0. The highest BCUT2D eigenvalue weighted by molar-refractivity contribution is 5.90. The number of allylic oxidation sites excluding steroid dienone is 1. The first-order valence-corrected chi connectivity index (χ1v) is 11.4. The summed E-state index contributed by atoms with van der Waals surface area (Å²) in [5.74, 6) is 0.729. The van der Waals surface area contributed by atoms with Crippen LogP contribution in [0.3, 0.4) is 0 Å². The van der Waals surface area contributed by atoms with Crippen LogP contribution in [-0.2, 0) is 19.1 Å². The van der Waals surface area contributed by atoms with Gasteiger partial charge in [-0.2, -0.15) is 0 Å². The van der Waals surface area contributed by atoms with E-state index in [0.29, 0.717) is 30.6 Å². The Balaban J connectivity index is 2.40. The first-order valence-electron chi connectivity index (χ1n) is 11.4. The molecule has 0 amide bonds. The molecule has 2 atom stereocenters. The van der Waals surface area contributed by atoms with Gasteiger partial charge in [0, 0.05) is 18.4 Å². The summed E-state index contributed by atoms with van der Waals surface area (Å²) in [5, 5.41) is 0. The van der Waals surface area contributed by atoms with Gasteiger partial charge < -0.3 is 9.47 Å². The van der Waals surface area contributed by atoms with Crippen molar-refractivity contribution in [3.05, 3.63) is 11.6 Å². The molecule has 1 rings (SSSR count). The van der Waals surface area contributed by atoms with E-state index in [1.807, 2.05) is 13.0 Å². The predicted molar refractivity (Wildman–Crippen MR) is 114 cm³/mol. The molecule has 1 saturated heterocycles. The molecule has 0 aromatic carbocycles. The molecule has 1 aliphatic heterocycles. The molecule has 0 aliphatic carbocycles. The number of carbonyl (C=O) groups is 2. The number of hydrogen-bond acceptors (Lipinski definition) is 4. The second kappa shape index (κ2) is 13.0. The molecule has 4 nitrogen and oxygen atoms in total. The highest BCUT2D eigenvalue weighted by Gasteiger charge is 2.35. The summed E-state index contributed by atoms with van der Waals surface area (Å²) >= 11 is 0. The molecule has 1 heterocycles. The molecule has 0 N–H and O–H groups in total. The molecule has 162 valence electrons. The lowest BCUT2D eigenvalue weighted by Crippen LogP contribution is -2.30. The Labute approximate surface area is 172 Å². The Morgan fingerprint density at radius 2 is 1.68 bits per heavy atom. The summed E-state index contributed by atoms with van der Waals surface area (Å²) in [5.41, 5.74) is 0.740. The minimum absolute atomic E-state index is 0.194. The average molecular weight is 395 g/mol. The van der Waals surface area contributed by atoms with Crippen molar-refractivity contribution < 1.29 is 19.1 Å². The summed E-state index contributed by atoms with van der Waals surface area (Å²) in [6.07, 6.45) is 10.6. The summed E-state index contributed by atoms with van der Waals surface area (Å²) in [6.45, 7) is 12.6. The molecular weight excluding hydrogens is 352 g/mol. The molecule has 0 unspecified atom stereocenters. The van der Waals surface area contributed by atoms with Crippen LogP contribution >= 0.6 is 0 Å². The van der Waals surface area contributed by atoms with Crippen molar-refractivity contribution in [1.29, 1.82) is 0 Å². The van der Waals surface area contributed by atoms with Gasteiger partial charge in [-0.3, -0.25) is 4.79 Å². The van der Waals surface area contributed by atoms with Crippen molar-refractivity contribution in [3.63, 3.8) is 0 Å². The van der Waals surface area contributed by atoms with Crippen LogP contribution in [0.5, 0.6) is 0 Å². The Kier molecular flexibility index (Phi) is 11.5. The van der Waals surface area contributed by atoms with Crippen LogP contribution in [0.2, 0.25) is 0 Å². The predicted octanol–water partition coefficient (Wildman–Crippen LogP) is 6.23. The summed E-state index contributed by atoms with van der Waals surface area (Å²) < 4.78 is 11.1. The molecule has 28 heavy (non-hydrogen) atoms. The largest absolute Gasteiger partial charge is 0.459 e. The second-order valence-electron chi connectivity index (χ2n) is 8.98. The lowest BCUT2D eigenvalue weighted by Gasteiger charge is -2.25. The van der Waals surface area contributed by atoms with Gasteiger partial charge in [0.1, 0.15) is 12.2 Å². The fraction of sp³-hybridized carbons (Fsp3) is 0.833. The molecule has 0 aromatic heterocycles. The van der Waals surface area contributed by atoms with Crippen molar-refractivity contribution in [3.8, 4) is 0 Å². The fourth-order valence-corrected chi connectivity index (χ4v) is 3.95. The van der Waals surface area contributed by atoms with E-state index in [1.54, 1.807) is 0 Å². The smallest absolute Gasteiger partial charge is 0.334 e. The first kappa shape index (κ1) is 24.7. The maximum absolute atomic E-state index is 12.3. The third-order valence-corrected chi connectivity index (χ3v) is 5.85. The topological polar surface area (TPSA) is 52.6 Å². The highest BCUT2D eigenvalue weighted by Crippen LogP contribution is 2.28. The molecule has 1 fully saturated rings. The standard InChI is InChI=1S/C24H42O4/c1-7-8-9-10-11-12-13-14-20-15-22(28-24(20)26)19(6)27-23(25)16-21(17(2)3)18(4)5/h14,17-19,21-22H,7-13,15-16H2,1-6H3/b20-14-/t19-,22-/m0/s1. The van der Waals surface area contributed by atoms with Gasteiger partial charge in [-0.1, -0.05) is 72.8 Å². The van der Waals surface area contributed by atoms with Crippen molar-refractivity contribution in [2.45, 2.75) is 112 Å². The number of cyclic esters (lactones) is 1. The summed E-state index contributed by atoms with van der Waals surface area (Å²) in [4.78, 5) is 24.4. The number of ether oxygens (including phenoxy) is 2. The van der Waals surface area contributed by atoms with Gasteiger partial charge >= 0.3 is 11.9 Å². The maximum atomic E-state index is 12.3. The molecular formula is C24H42O4. The molecule has 1 aliphatic rings. The van der Waals surface area contributed by atoms with Gasteiger partial charge in [-0.05, 0) is 37.5 Å². The molecule has 0 bridgehead atoms. The fourth-order valence-electron chi connectivity index (χ4n) is 3.95. The van der Waals surface area contributed by atoms with E-state index in [9.17, 15) is 9.59 Å². The van der Waals surface area contributed by atoms with E-state index in [-0.39, 0.29) is 18.0 Å². The van der Waals surface area contributed by atoms with Crippen molar-refractivity contribution in [2.24, 2.45) is 17.8 Å². The Bertz CT molecular complexity index is 499. The van der Waals surface area contributed by atoms with Crippen LogP contribution in [0.15, 0.2) is 11.6 Å². The Morgan fingerprint density at radius 3 is 2.29 bits per heavy atom. The van der Waals surface area contributed by atoms with Gasteiger partial charge in [-0.15, -0.1) is 0 Å². The normalized spacial score (nSPS) is 19.7. The monoisotopic (exact) mass is 394 g/mol. The third-order valence-electron chi connectivity index (χ3n) is 5.85. The zero-order valence-corrected chi connectivity index (χ0v) is 19.0. The van der Waals surface area contributed by atoms with Crippen molar-refractivity contribution in [1.82, 2.24) is 0 Å². The van der Waals surface area contributed by atoms with Crippen molar-refractivity contribution in [2.75, 3.05) is 0 Å². The molecule has 0 spiro atoms. The van der Waals surface area contributed by atoms with Crippen LogP contribution in [-0.4, -0.2) is 24.1 Å². The van der Waals surface area contributed by atoms with E-state index in [2.05, 4.69) is 34.6 Å². The van der Waals surface area contributed by atoms with Gasteiger partial charge in [0.25, 0.3) is 0 Å². The number of unbranched alkanes of at least 4 members (excludes halogenated alkanes) is 6. The maximum Gasteiger partial charge on any atom is 0.334 e. The Morgan fingerprint density at radius 1 is 1.07 bits per heavy atom. The average Bonchev–Trinajstić information content (AvgIpc) is 2.99. The first-order chi connectivity index (χ1) is 13.3. The lowest BCUT2D eigenvalue weighted by atomic mass is 9.83. The minimum atomic E-state index is -0.406. The molecule has 4 heteroatoms. The lowest BCUT2D eigenvalue weighted by molar-refractivity contribution is -0.161. The highest BCUT2D eigenvalue weighted by atomic mass is 16.6. The van der Waals surface area contributed by atoms with Gasteiger partial charge in [0.15, 0.2) is 0 Å². The van der Waals surface area contributed by atoms with Gasteiger partial charge in [0.05, 0.1) is 0 Å². The number of carbonyl (C=O) groups excluding carboxylic acids is 2. The summed E-state index contributed by atoms with van der Waals surface area (Å²) in [6, 6.07) is 0. The van der Waals surface area contributed by atoms with E-state index < -0.39 is 6.10 Å². The zero-order valence-electron chi connectivity index (χ0n) is 19.0. The van der Waals surface area contributed by atoms with Gasteiger partial charge in [0.2, 0.25) is 0 Å². The SMILES string of the molecule is CCCCCCCC/C=C1/C[C@@H]([C@H](C)OC(=O)CC(C(C)C)C(C)C)OC1=O. The quantitative estimate of drug-likeness (QED) is 0.211. The van der Waals surface area contributed by atoms with Crippen LogP contribution in [0.4, 0.5) is 0 Å². The van der Waals surface area contributed by atoms with E-state index in [4.69, 9.17) is 9.47 Å². The van der Waals surface area contributed by atoms with Crippen LogP contribution in [0, 0.1) is 17.8 Å². The van der Waals surface area contributed by atoms with Crippen LogP contribution in [0.25, 0.3) is 0 Å². The molecule has 0 aromatic rings. The molecule has 0 radical (unpaired) electrons. The van der Waals surface area contributed by atoms with Crippen LogP contribution in [0.1, 0.15) is 99.3 Å². The van der Waals surface area contributed by atoms with E-state index in [1.165, 1.54) is 32.1 Å². The van der Waals surface area contributed by atoms with E-state index >= 15 is 0 Å². The Hall–Kier alpha value is -1.32. The summed E-state index contributed by atoms with van der Waals surface area (Å²) in [7, 11) is 0. The zero-order chi connectivity index (χ0) is 21.1. The second-order valence-corrected chi connectivity index (χ2v) is 8.98. The number of rotatable bonds is 13. The minimum Gasteiger partial charge on any atom is -0.459 e. The van der Waals surface area contributed by atoms with E-state index in [0.717, 1.165) is 18.4 Å².